The lowest BCUT2D eigenvalue weighted by molar-refractivity contribution is 0.328. The van der Waals surface area contributed by atoms with E-state index in [1.165, 1.54) is 6.26 Å². The molecule has 3 aromatic rings. The first-order valence-electron chi connectivity index (χ1n) is 8.71. The van der Waals surface area contributed by atoms with E-state index >= 15 is 0 Å². The molecule has 1 unspecified atom stereocenters. The number of hydrogen-bond acceptors (Lipinski definition) is 7. The van der Waals surface area contributed by atoms with Gasteiger partial charge in [0.25, 0.3) is 0 Å². The number of hydrogen-bond donors (Lipinski definition) is 1. The Bertz CT molecular complexity index is 995. The Morgan fingerprint density at radius 3 is 2.78 bits per heavy atom. The van der Waals surface area contributed by atoms with Crippen molar-refractivity contribution < 1.29 is 4.42 Å². The van der Waals surface area contributed by atoms with Gasteiger partial charge in [0.2, 0.25) is 5.89 Å². The molecule has 0 bridgehead atoms. The molecule has 4 heterocycles. The van der Waals surface area contributed by atoms with Crippen molar-refractivity contribution in [2.45, 2.75) is 26.4 Å². The Hall–Kier alpha value is -3.48. The average Bonchev–Trinajstić information content (AvgIpc) is 3.21. The second-order valence-corrected chi connectivity index (χ2v) is 6.42. The van der Waals surface area contributed by atoms with Gasteiger partial charge in [-0.1, -0.05) is 12.1 Å². The smallest absolute Gasteiger partial charge is 0.242 e. The van der Waals surface area contributed by atoms with E-state index in [1.54, 1.807) is 12.4 Å². The van der Waals surface area contributed by atoms with Crippen LogP contribution in [0.15, 0.2) is 70.4 Å². The Kier molecular flexibility index (Phi) is 4.42. The first kappa shape index (κ1) is 17.0. The molecular weight excluding hydrogens is 340 g/mol. The van der Waals surface area contributed by atoms with E-state index in [0.29, 0.717) is 24.0 Å². The first-order valence-corrected chi connectivity index (χ1v) is 8.71. The van der Waals surface area contributed by atoms with Crippen LogP contribution < -0.4 is 5.73 Å². The number of aryl methyl sites for hydroxylation is 1. The predicted octanol–water partition coefficient (Wildman–Crippen LogP) is 2.89. The Labute approximate surface area is 157 Å². The van der Waals surface area contributed by atoms with Crippen molar-refractivity contribution in [2.75, 3.05) is 0 Å². The number of pyridine rings is 2. The number of nitrogens with two attached hydrogens (primary N) is 1. The summed E-state index contributed by atoms with van der Waals surface area (Å²) in [4.78, 5) is 19.9. The fraction of sp³-hybridized carbons (Fsp3) is 0.200. The van der Waals surface area contributed by atoms with Crippen LogP contribution in [0.1, 0.15) is 24.1 Å². The molecular formula is C20H20N6O. The van der Waals surface area contributed by atoms with Gasteiger partial charge >= 0.3 is 0 Å². The van der Waals surface area contributed by atoms with Gasteiger partial charge in [0, 0.05) is 12.4 Å². The van der Waals surface area contributed by atoms with Crippen molar-refractivity contribution in [1.82, 2.24) is 19.9 Å². The first-order chi connectivity index (χ1) is 13.1. The third-order valence-electron chi connectivity index (χ3n) is 4.50. The fourth-order valence-electron chi connectivity index (χ4n) is 3.07. The summed E-state index contributed by atoms with van der Waals surface area (Å²) in [5, 5.41) is 0. The van der Waals surface area contributed by atoms with Crippen LogP contribution in [-0.4, -0.2) is 31.6 Å². The molecule has 27 heavy (non-hydrogen) atoms. The summed E-state index contributed by atoms with van der Waals surface area (Å²) in [6.45, 7) is 4.66. The molecule has 1 aliphatic rings. The fourth-order valence-corrected chi connectivity index (χ4v) is 3.07. The normalized spacial score (nSPS) is 16.8. The molecule has 0 spiro atoms. The summed E-state index contributed by atoms with van der Waals surface area (Å²) in [5.41, 5.74) is 10.5. The van der Waals surface area contributed by atoms with E-state index < -0.39 is 0 Å². The van der Waals surface area contributed by atoms with Gasteiger partial charge in [-0.2, -0.15) is 0 Å². The highest BCUT2D eigenvalue weighted by atomic mass is 16.3. The van der Waals surface area contributed by atoms with Crippen molar-refractivity contribution >= 4 is 5.71 Å². The minimum absolute atomic E-state index is 0.0441. The second kappa shape index (κ2) is 7.03. The van der Waals surface area contributed by atoms with Crippen LogP contribution in [-0.2, 0) is 6.54 Å². The van der Waals surface area contributed by atoms with E-state index in [2.05, 4.69) is 25.9 Å². The highest BCUT2D eigenvalue weighted by Gasteiger charge is 2.26. The molecule has 7 nitrogen and oxygen atoms in total. The van der Waals surface area contributed by atoms with Crippen LogP contribution in [0.5, 0.6) is 0 Å². The quantitative estimate of drug-likeness (QED) is 0.769. The summed E-state index contributed by atoms with van der Waals surface area (Å²) >= 11 is 0. The molecule has 0 aliphatic carbocycles. The maximum atomic E-state index is 6.01. The van der Waals surface area contributed by atoms with E-state index in [1.807, 2.05) is 44.3 Å². The second-order valence-electron chi connectivity index (χ2n) is 6.42. The van der Waals surface area contributed by atoms with Crippen LogP contribution in [0.25, 0.3) is 11.4 Å². The van der Waals surface area contributed by atoms with Crippen LogP contribution in [0, 0.1) is 6.92 Å². The van der Waals surface area contributed by atoms with Gasteiger partial charge in [-0.3, -0.25) is 4.98 Å². The zero-order valence-electron chi connectivity index (χ0n) is 15.2. The topological polar surface area (TPSA) is 93.4 Å². The highest BCUT2D eigenvalue weighted by molar-refractivity contribution is 6.01. The van der Waals surface area contributed by atoms with Crippen LogP contribution in [0.4, 0.5) is 0 Å². The largest absolute Gasteiger partial charge is 0.444 e. The van der Waals surface area contributed by atoms with Crippen LogP contribution >= 0.6 is 0 Å². The molecule has 4 rings (SSSR count). The summed E-state index contributed by atoms with van der Waals surface area (Å²) in [5.74, 6) is 0.896. The van der Waals surface area contributed by atoms with Crippen molar-refractivity contribution in [2.24, 2.45) is 10.7 Å². The predicted molar refractivity (Wildman–Crippen MR) is 103 cm³/mol. The van der Waals surface area contributed by atoms with Gasteiger partial charge < -0.3 is 15.1 Å². The minimum atomic E-state index is -0.0441. The number of nitrogens with zero attached hydrogens (tertiary/aromatic N) is 5. The lowest BCUT2D eigenvalue weighted by atomic mass is 10.1. The third-order valence-corrected chi connectivity index (χ3v) is 4.50. The van der Waals surface area contributed by atoms with Crippen molar-refractivity contribution in [3.05, 3.63) is 78.2 Å². The SMILES string of the molecule is Cc1ccc(CN2C=C(N)N=C(c3ncco3)C2C)nc1-c1ccccn1. The molecule has 0 fully saturated rings. The Morgan fingerprint density at radius 2 is 2.04 bits per heavy atom. The van der Waals surface area contributed by atoms with Crippen LogP contribution in [0.3, 0.4) is 0 Å². The van der Waals surface area contributed by atoms with Crippen LogP contribution in [0.2, 0.25) is 0 Å². The molecule has 1 aliphatic heterocycles. The highest BCUT2D eigenvalue weighted by Crippen LogP contribution is 2.22. The minimum Gasteiger partial charge on any atom is -0.444 e. The van der Waals surface area contributed by atoms with Gasteiger partial charge in [-0.05, 0) is 37.6 Å². The molecule has 7 heteroatoms. The maximum Gasteiger partial charge on any atom is 0.242 e. The van der Waals surface area contributed by atoms with E-state index in [-0.39, 0.29) is 6.04 Å². The molecule has 0 amide bonds. The monoisotopic (exact) mass is 360 g/mol. The number of aromatic nitrogens is 3. The standard InChI is InChI=1S/C20H20N6O/c1-13-6-7-15(24-18(13)16-5-3-4-8-22-16)11-26-12-17(21)25-19(14(26)2)20-23-9-10-27-20/h3-10,12,14H,11,21H2,1-2H3. The lowest BCUT2D eigenvalue weighted by Crippen LogP contribution is -2.39. The number of aliphatic imine (C=N–C) groups is 1. The molecule has 3 aromatic heterocycles. The zero-order chi connectivity index (χ0) is 18.8. The van der Waals surface area contributed by atoms with E-state index in [0.717, 1.165) is 22.6 Å². The maximum absolute atomic E-state index is 6.01. The van der Waals surface area contributed by atoms with Crippen molar-refractivity contribution in [3.63, 3.8) is 0 Å². The Morgan fingerprint density at radius 1 is 1.15 bits per heavy atom. The van der Waals surface area contributed by atoms with Gasteiger partial charge in [-0.15, -0.1) is 0 Å². The summed E-state index contributed by atoms with van der Waals surface area (Å²) in [6.07, 6.45) is 6.74. The molecule has 0 radical (unpaired) electrons. The number of oxazole rings is 1. The number of rotatable bonds is 4. The molecule has 0 saturated carbocycles. The lowest BCUT2D eigenvalue weighted by Gasteiger charge is -2.30. The van der Waals surface area contributed by atoms with E-state index in [4.69, 9.17) is 15.1 Å². The third kappa shape index (κ3) is 3.44. The molecule has 2 N–H and O–H groups in total. The molecule has 0 aromatic carbocycles. The van der Waals surface area contributed by atoms with Crippen molar-refractivity contribution in [1.29, 1.82) is 0 Å². The van der Waals surface area contributed by atoms with Gasteiger partial charge in [0.1, 0.15) is 17.8 Å². The van der Waals surface area contributed by atoms with Gasteiger partial charge in [0.15, 0.2) is 0 Å². The molecule has 136 valence electrons. The van der Waals surface area contributed by atoms with E-state index in [9.17, 15) is 0 Å². The van der Waals surface area contributed by atoms with Gasteiger partial charge in [-0.25, -0.2) is 15.0 Å². The molecule has 1 atom stereocenters. The Balaban J connectivity index is 1.62. The summed E-state index contributed by atoms with van der Waals surface area (Å²) in [7, 11) is 0. The summed E-state index contributed by atoms with van der Waals surface area (Å²) in [6, 6.07) is 9.87. The average molecular weight is 360 g/mol. The molecule has 0 saturated heterocycles. The summed E-state index contributed by atoms with van der Waals surface area (Å²) < 4.78 is 5.41. The zero-order valence-corrected chi connectivity index (χ0v) is 15.2. The van der Waals surface area contributed by atoms with Gasteiger partial charge in [0.05, 0.1) is 35.9 Å². The van der Waals surface area contributed by atoms with Crippen molar-refractivity contribution in [3.8, 4) is 11.4 Å².